The van der Waals surface area contributed by atoms with Crippen LogP contribution >= 0.6 is 0 Å². The number of aromatic nitrogens is 1. The number of rotatable bonds is 3. The van der Waals surface area contributed by atoms with Gasteiger partial charge in [0.05, 0.1) is 5.52 Å². The molecule has 0 atom stereocenters. The van der Waals surface area contributed by atoms with Gasteiger partial charge >= 0.3 is 0 Å². The summed E-state index contributed by atoms with van der Waals surface area (Å²) in [6, 6.07) is 4.11. The molecular weight excluding hydrogens is 222 g/mol. The first kappa shape index (κ1) is 11.8. The number of pyridine rings is 1. The molecule has 1 heterocycles. The van der Waals surface area contributed by atoms with Gasteiger partial charge in [-0.2, -0.15) is 0 Å². The van der Waals surface area contributed by atoms with Crippen LogP contribution in [0.5, 0.6) is 0 Å². The van der Waals surface area contributed by atoms with Crippen LogP contribution in [-0.2, 0) is 0 Å². The number of halogens is 2. The van der Waals surface area contributed by atoms with Gasteiger partial charge < -0.3 is 5.32 Å². The molecule has 0 spiro atoms. The second-order valence-electron chi connectivity index (χ2n) is 4.04. The summed E-state index contributed by atoms with van der Waals surface area (Å²) < 4.78 is 26.2. The first-order chi connectivity index (χ1) is 8.11. The van der Waals surface area contributed by atoms with Crippen LogP contribution in [0, 0.1) is 18.6 Å². The Kier molecular flexibility index (Phi) is 3.22. The molecular formula is C13H14F2N2. The van der Waals surface area contributed by atoms with Crippen LogP contribution in [0.2, 0.25) is 0 Å². The molecule has 1 aromatic heterocycles. The molecule has 0 saturated carbocycles. The van der Waals surface area contributed by atoms with E-state index in [0.717, 1.165) is 30.4 Å². The van der Waals surface area contributed by atoms with Crippen molar-refractivity contribution in [2.24, 2.45) is 0 Å². The zero-order valence-corrected chi connectivity index (χ0v) is 9.85. The molecule has 0 saturated heterocycles. The minimum Gasteiger partial charge on any atom is -0.370 e. The smallest absolute Gasteiger partial charge is 0.161 e. The van der Waals surface area contributed by atoms with Gasteiger partial charge in [0.25, 0.3) is 0 Å². The minimum atomic E-state index is -0.865. The van der Waals surface area contributed by atoms with E-state index in [4.69, 9.17) is 0 Å². The van der Waals surface area contributed by atoms with Crippen molar-refractivity contribution in [3.05, 3.63) is 35.4 Å². The maximum atomic E-state index is 13.1. The molecule has 2 nitrogen and oxygen atoms in total. The van der Waals surface area contributed by atoms with Crippen LogP contribution in [-0.4, -0.2) is 11.5 Å². The monoisotopic (exact) mass is 236 g/mol. The van der Waals surface area contributed by atoms with Gasteiger partial charge in [-0.1, -0.05) is 6.92 Å². The third kappa shape index (κ3) is 2.35. The maximum absolute atomic E-state index is 13.1. The van der Waals surface area contributed by atoms with E-state index >= 15 is 0 Å². The van der Waals surface area contributed by atoms with E-state index in [2.05, 4.69) is 17.2 Å². The Labute approximate surface area is 98.7 Å². The van der Waals surface area contributed by atoms with Crippen molar-refractivity contribution in [3.8, 4) is 0 Å². The van der Waals surface area contributed by atoms with E-state index in [1.807, 2.05) is 13.0 Å². The second kappa shape index (κ2) is 4.65. The highest BCUT2D eigenvalue weighted by Crippen LogP contribution is 2.22. The van der Waals surface area contributed by atoms with E-state index < -0.39 is 11.6 Å². The second-order valence-corrected chi connectivity index (χ2v) is 4.04. The average Bonchev–Trinajstić information content (AvgIpc) is 2.29. The normalized spacial score (nSPS) is 10.8. The molecule has 0 aliphatic rings. The molecule has 0 bridgehead atoms. The first-order valence-corrected chi connectivity index (χ1v) is 5.62. The predicted octanol–water partition coefficient (Wildman–Crippen LogP) is 3.64. The van der Waals surface area contributed by atoms with Crippen molar-refractivity contribution < 1.29 is 8.78 Å². The summed E-state index contributed by atoms with van der Waals surface area (Å²) >= 11 is 0. The summed E-state index contributed by atoms with van der Waals surface area (Å²) in [5, 5.41) is 3.78. The van der Waals surface area contributed by atoms with Crippen LogP contribution in [0.3, 0.4) is 0 Å². The zero-order valence-electron chi connectivity index (χ0n) is 9.85. The quantitative estimate of drug-likeness (QED) is 0.880. The standard InChI is InChI=1S/C13H14F2N2/c1-3-4-16-13-8(2)5-9-6-10(14)11(15)7-12(9)17-13/h5-7H,3-4H2,1-2H3,(H,16,17). The molecule has 0 aliphatic heterocycles. The van der Waals surface area contributed by atoms with Gasteiger partial charge in [-0.05, 0) is 31.0 Å². The Bertz CT molecular complexity index is 553. The highest BCUT2D eigenvalue weighted by Gasteiger charge is 2.07. The number of nitrogens with zero attached hydrogens (tertiary/aromatic N) is 1. The van der Waals surface area contributed by atoms with Crippen molar-refractivity contribution in [1.82, 2.24) is 4.98 Å². The molecule has 1 N–H and O–H groups in total. The lowest BCUT2D eigenvalue weighted by molar-refractivity contribution is 0.510. The average molecular weight is 236 g/mol. The van der Waals surface area contributed by atoms with E-state index in [0.29, 0.717) is 10.9 Å². The van der Waals surface area contributed by atoms with Gasteiger partial charge in [-0.15, -0.1) is 0 Å². The minimum absolute atomic E-state index is 0.466. The largest absolute Gasteiger partial charge is 0.370 e. The molecule has 0 fully saturated rings. The van der Waals surface area contributed by atoms with Crippen molar-refractivity contribution in [1.29, 1.82) is 0 Å². The van der Waals surface area contributed by atoms with E-state index in [1.54, 1.807) is 0 Å². The van der Waals surface area contributed by atoms with E-state index in [1.165, 1.54) is 6.07 Å². The van der Waals surface area contributed by atoms with Gasteiger partial charge in [0.15, 0.2) is 11.6 Å². The summed E-state index contributed by atoms with van der Waals surface area (Å²) in [4.78, 5) is 4.30. The summed E-state index contributed by atoms with van der Waals surface area (Å²) in [7, 11) is 0. The predicted molar refractivity (Wildman–Crippen MR) is 65.2 cm³/mol. The highest BCUT2D eigenvalue weighted by molar-refractivity contribution is 5.81. The Morgan fingerprint density at radius 1 is 1.18 bits per heavy atom. The molecule has 2 rings (SSSR count). The summed E-state index contributed by atoms with van der Waals surface area (Å²) in [5.41, 5.74) is 1.39. The molecule has 0 unspecified atom stereocenters. The SMILES string of the molecule is CCCNc1nc2cc(F)c(F)cc2cc1C. The Balaban J connectivity index is 2.51. The van der Waals surface area contributed by atoms with Crippen molar-refractivity contribution in [3.63, 3.8) is 0 Å². The fraction of sp³-hybridized carbons (Fsp3) is 0.308. The Hall–Kier alpha value is -1.71. The molecule has 2 aromatic rings. The van der Waals surface area contributed by atoms with Crippen LogP contribution in [0.4, 0.5) is 14.6 Å². The summed E-state index contributed by atoms with van der Waals surface area (Å²) in [6.07, 6.45) is 0.983. The van der Waals surface area contributed by atoms with Gasteiger partial charge in [0, 0.05) is 18.0 Å². The molecule has 90 valence electrons. The number of hydrogen-bond acceptors (Lipinski definition) is 2. The lowest BCUT2D eigenvalue weighted by Crippen LogP contribution is -2.04. The maximum Gasteiger partial charge on any atom is 0.161 e. The lowest BCUT2D eigenvalue weighted by Gasteiger charge is -2.09. The van der Waals surface area contributed by atoms with Crippen LogP contribution in [0.25, 0.3) is 10.9 Å². The van der Waals surface area contributed by atoms with E-state index in [-0.39, 0.29) is 0 Å². The fourth-order valence-electron chi connectivity index (χ4n) is 1.70. The van der Waals surface area contributed by atoms with Crippen LogP contribution in [0.1, 0.15) is 18.9 Å². The molecule has 1 aromatic carbocycles. The number of anilines is 1. The van der Waals surface area contributed by atoms with Crippen molar-refractivity contribution in [2.45, 2.75) is 20.3 Å². The molecule has 0 radical (unpaired) electrons. The summed E-state index contributed by atoms with van der Waals surface area (Å²) in [5.74, 6) is -0.978. The Morgan fingerprint density at radius 2 is 1.88 bits per heavy atom. The van der Waals surface area contributed by atoms with Gasteiger partial charge in [0.1, 0.15) is 5.82 Å². The third-order valence-corrected chi connectivity index (χ3v) is 2.59. The van der Waals surface area contributed by atoms with E-state index in [9.17, 15) is 8.78 Å². The number of aryl methyl sites for hydroxylation is 1. The molecule has 0 amide bonds. The van der Waals surface area contributed by atoms with Crippen molar-refractivity contribution in [2.75, 3.05) is 11.9 Å². The van der Waals surface area contributed by atoms with Gasteiger partial charge in [0.2, 0.25) is 0 Å². The topological polar surface area (TPSA) is 24.9 Å². The van der Waals surface area contributed by atoms with Gasteiger partial charge in [-0.3, -0.25) is 0 Å². The van der Waals surface area contributed by atoms with Gasteiger partial charge in [-0.25, -0.2) is 13.8 Å². The zero-order chi connectivity index (χ0) is 12.4. The number of fused-ring (bicyclic) bond motifs is 1. The molecule has 0 aliphatic carbocycles. The summed E-state index contributed by atoms with van der Waals surface area (Å²) in [6.45, 7) is 4.76. The fourth-order valence-corrected chi connectivity index (χ4v) is 1.70. The number of benzene rings is 1. The Morgan fingerprint density at radius 3 is 2.59 bits per heavy atom. The van der Waals surface area contributed by atoms with Crippen molar-refractivity contribution >= 4 is 16.7 Å². The first-order valence-electron chi connectivity index (χ1n) is 5.62. The lowest BCUT2D eigenvalue weighted by atomic mass is 10.1. The number of nitrogens with one attached hydrogen (secondary N) is 1. The highest BCUT2D eigenvalue weighted by atomic mass is 19.2. The van der Waals surface area contributed by atoms with Crippen LogP contribution < -0.4 is 5.32 Å². The number of hydrogen-bond donors (Lipinski definition) is 1. The van der Waals surface area contributed by atoms with Crippen LogP contribution in [0.15, 0.2) is 18.2 Å². The molecule has 17 heavy (non-hydrogen) atoms. The molecule has 4 heteroatoms. The third-order valence-electron chi connectivity index (χ3n) is 2.59.